The Morgan fingerprint density at radius 2 is 2.21 bits per heavy atom. The van der Waals surface area contributed by atoms with E-state index in [-0.39, 0.29) is 5.82 Å². The van der Waals surface area contributed by atoms with Crippen LogP contribution in [0.25, 0.3) is 16.4 Å². The second kappa shape index (κ2) is 2.44. The van der Waals surface area contributed by atoms with E-state index in [2.05, 4.69) is 20.6 Å². The maximum absolute atomic E-state index is 12.9. The zero-order valence-electron chi connectivity index (χ0n) is 6.92. The Labute approximate surface area is 77.1 Å². The minimum absolute atomic E-state index is 0.295. The van der Waals surface area contributed by atoms with Crippen LogP contribution in [-0.2, 0) is 0 Å². The van der Waals surface area contributed by atoms with Gasteiger partial charge in [0.25, 0.3) is 0 Å². The van der Waals surface area contributed by atoms with Crippen molar-refractivity contribution in [2.45, 2.75) is 0 Å². The van der Waals surface area contributed by atoms with Gasteiger partial charge in [0.15, 0.2) is 0 Å². The smallest absolute Gasteiger partial charge is 0.207 e. The Morgan fingerprint density at radius 3 is 3.14 bits per heavy atom. The molecule has 0 aliphatic heterocycles. The molecule has 0 aliphatic rings. The van der Waals surface area contributed by atoms with Crippen LogP contribution in [0.3, 0.4) is 0 Å². The second-order valence-corrected chi connectivity index (χ2v) is 2.87. The van der Waals surface area contributed by atoms with Crippen molar-refractivity contribution < 1.29 is 4.39 Å². The van der Waals surface area contributed by atoms with E-state index in [4.69, 9.17) is 0 Å². The molecule has 0 bridgehead atoms. The van der Waals surface area contributed by atoms with Crippen molar-refractivity contribution in [2.75, 3.05) is 0 Å². The van der Waals surface area contributed by atoms with Gasteiger partial charge in [0.05, 0.1) is 6.20 Å². The molecule has 0 saturated carbocycles. The van der Waals surface area contributed by atoms with Crippen LogP contribution in [0, 0.1) is 5.82 Å². The molecule has 5 nitrogen and oxygen atoms in total. The van der Waals surface area contributed by atoms with Crippen LogP contribution in [0.15, 0.2) is 24.4 Å². The van der Waals surface area contributed by atoms with Crippen LogP contribution in [0.2, 0.25) is 0 Å². The summed E-state index contributed by atoms with van der Waals surface area (Å²) in [5.74, 6) is -0.295. The van der Waals surface area contributed by atoms with Gasteiger partial charge in [0.1, 0.15) is 5.82 Å². The highest BCUT2D eigenvalue weighted by Crippen LogP contribution is 2.16. The van der Waals surface area contributed by atoms with E-state index in [0.29, 0.717) is 11.0 Å². The molecule has 2 heterocycles. The summed E-state index contributed by atoms with van der Waals surface area (Å²) >= 11 is 0. The van der Waals surface area contributed by atoms with Crippen molar-refractivity contribution in [3.8, 4) is 0 Å². The fourth-order valence-corrected chi connectivity index (χ4v) is 1.38. The van der Waals surface area contributed by atoms with Crippen molar-refractivity contribution in [1.82, 2.24) is 25.3 Å². The van der Waals surface area contributed by atoms with E-state index >= 15 is 0 Å². The van der Waals surface area contributed by atoms with Crippen LogP contribution in [0.4, 0.5) is 4.39 Å². The van der Waals surface area contributed by atoms with Gasteiger partial charge in [-0.3, -0.25) is 0 Å². The first-order chi connectivity index (χ1) is 6.84. The Kier molecular flexibility index (Phi) is 1.27. The summed E-state index contributed by atoms with van der Waals surface area (Å²) < 4.78 is 14.2. The molecule has 1 aromatic carbocycles. The number of aromatic nitrogens is 5. The van der Waals surface area contributed by atoms with Gasteiger partial charge < -0.3 is 0 Å². The van der Waals surface area contributed by atoms with E-state index in [0.717, 1.165) is 5.39 Å². The predicted octanol–water partition coefficient (Wildman–Crippen LogP) is 0.812. The number of hydrogen-bond acceptors (Lipinski definition) is 4. The second-order valence-electron chi connectivity index (χ2n) is 2.87. The van der Waals surface area contributed by atoms with Crippen LogP contribution >= 0.6 is 0 Å². The molecule has 14 heavy (non-hydrogen) atoms. The van der Waals surface area contributed by atoms with Crippen molar-refractivity contribution >= 4 is 16.4 Å². The molecule has 0 radical (unpaired) electrons. The summed E-state index contributed by atoms with van der Waals surface area (Å²) in [5, 5.41) is 16.3. The standard InChI is InChI=1S/C8H4FN5/c9-6-1-2-7-5(3-6)4-10-14-8(7)11-12-13-14/h1-4H. The minimum Gasteiger partial charge on any atom is -0.207 e. The van der Waals surface area contributed by atoms with Gasteiger partial charge in [-0.15, -0.1) is 9.73 Å². The number of tetrazole rings is 1. The number of benzene rings is 1. The number of halogens is 1. The summed E-state index contributed by atoms with van der Waals surface area (Å²) in [6.45, 7) is 0. The summed E-state index contributed by atoms with van der Waals surface area (Å²) in [7, 11) is 0. The van der Waals surface area contributed by atoms with Gasteiger partial charge in [0.2, 0.25) is 5.65 Å². The van der Waals surface area contributed by atoms with Gasteiger partial charge in [-0.2, -0.15) is 5.10 Å². The van der Waals surface area contributed by atoms with Gasteiger partial charge in [-0.1, -0.05) is 0 Å². The van der Waals surface area contributed by atoms with Crippen LogP contribution in [0.5, 0.6) is 0 Å². The largest absolute Gasteiger partial charge is 0.207 e. The highest BCUT2D eigenvalue weighted by Gasteiger charge is 2.04. The number of nitrogens with zero attached hydrogens (tertiary/aromatic N) is 5. The molecule has 6 heteroatoms. The first-order valence-corrected chi connectivity index (χ1v) is 3.97. The first kappa shape index (κ1) is 7.31. The van der Waals surface area contributed by atoms with Crippen molar-refractivity contribution in [3.05, 3.63) is 30.2 Å². The summed E-state index contributed by atoms with van der Waals surface area (Å²) in [6, 6.07) is 4.41. The molecule has 0 N–H and O–H groups in total. The van der Waals surface area contributed by atoms with E-state index in [1.165, 1.54) is 23.0 Å². The fourth-order valence-electron chi connectivity index (χ4n) is 1.38. The highest BCUT2D eigenvalue weighted by atomic mass is 19.1. The molecule has 0 fully saturated rings. The Bertz CT molecular complexity index is 617. The molecule has 0 spiro atoms. The molecular weight excluding hydrogens is 185 g/mol. The number of fused-ring (bicyclic) bond motifs is 3. The fraction of sp³-hybridized carbons (Fsp3) is 0. The Balaban J connectivity index is 2.57. The molecule has 3 rings (SSSR count). The molecule has 0 unspecified atom stereocenters. The summed E-state index contributed by atoms with van der Waals surface area (Å²) in [6.07, 6.45) is 1.53. The lowest BCUT2D eigenvalue weighted by atomic mass is 10.2. The van der Waals surface area contributed by atoms with E-state index < -0.39 is 0 Å². The lowest BCUT2D eigenvalue weighted by molar-refractivity contribution is 0.629. The monoisotopic (exact) mass is 189 g/mol. The highest BCUT2D eigenvalue weighted by molar-refractivity contribution is 5.92. The average Bonchev–Trinajstić information content (AvgIpc) is 2.65. The van der Waals surface area contributed by atoms with Gasteiger partial charge in [-0.05, 0) is 28.6 Å². The molecular formula is C8H4FN5. The molecule has 0 saturated heterocycles. The third kappa shape index (κ3) is 0.875. The lowest BCUT2D eigenvalue weighted by Gasteiger charge is -1.96. The van der Waals surface area contributed by atoms with E-state index in [1.807, 2.05) is 0 Å². The molecule has 0 amide bonds. The third-order valence-electron chi connectivity index (χ3n) is 2.01. The topological polar surface area (TPSA) is 56.0 Å². The zero-order chi connectivity index (χ0) is 9.54. The zero-order valence-corrected chi connectivity index (χ0v) is 6.92. The lowest BCUT2D eigenvalue weighted by Crippen LogP contribution is -1.94. The number of hydrogen-bond donors (Lipinski definition) is 0. The SMILES string of the molecule is Fc1ccc2c(cnn3nnnc23)c1. The van der Waals surface area contributed by atoms with Crippen molar-refractivity contribution in [3.63, 3.8) is 0 Å². The van der Waals surface area contributed by atoms with Gasteiger partial charge in [0, 0.05) is 10.8 Å². The molecule has 0 aliphatic carbocycles. The van der Waals surface area contributed by atoms with Crippen LogP contribution < -0.4 is 0 Å². The molecule has 0 atom stereocenters. The Hall–Kier alpha value is -2.11. The maximum Gasteiger partial charge on any atom is 0.207 e. The van der Waals surface area contributed by atoms with Crippen LogP contribution in [-0.4, -0.2) is 25.3 Å². The Morgan fingerprint density at radius 1 is 1.29 bits per heavy atom. The summed E-state index contributed by atoms with van der Waals surface area (Å²) in [4.78, 5) is 0. The quantitative estimate of drug-likeness (QED) is 0.525. The van der Waals surface area contributed by atoms with Crippen molar-refractivity contribution in [2.24, 2.45) is 0 Å². The first-order valence-electron chi connectivity index (χ1n) is 3.97. The van der Waals surface area contributed by atoms with Crippen molar-refractivity contribution in [1.29, 1.82) is 0 Å². The average molecular weight is 189 g/mol. The minimum atomic E-state index is -0.295. The van der Waals surface area contributed by atoms with Gasteiger partial charge in [-0.25, -0.2) is 4.39 Å². The molecule has 68 valence electrons. The van der Waals surface area contributed by atoms with E-state index in [9.17, 15) is 4.39 Å². The normalized spacial score (nSPS) is 11.2. The van der Waals surface area contributed by atoms with Crippen LogP contribution in [0.1, 0.15) is 0 Å². The molecule has 3 aromatic rings. The summed E-state index contributed by atoms with van der Waals surface area (Å²) in [5.41, 5.74) is 0.530. The third-order valence-corrected chi connectivity index (χ3v) is 2.01. The maximum atomic E-state index is 12.9. The predicted molar refractivity (Wildman–Crippen MR) is 46.0 cm³/mol. The van der Waals surface area contributed by atoms with Gasteiger partial charge >= 0.3 is 0 Å². The molecule has 2 aromatic heterocycles. The number of rotatable bonds is 0. The van der Waals surface area contributed by atoms with E-state index in [1.54, 1.807) is 6.07 Å².